The second kappa shape index (κ2) is 6.75. The molecule has 0 radical (unpaired) electrons. The first kappa shape index (κ1) is 15.0. The lowest BCUT2D eigenvalue weighted by Gasteiger charge is -2.16. The minimum atomic E-state index is -1.10. The topological polar surface area (TPSA) is 113 Å². The number of nitrogens with one attached hydrogen (secondary N) is 1. The number of hydrogen-bond donors (Lipinski definition) is 4. The number of carboxylic acids is 1. The Morgan fingerprint density at radius 3 is 2.42 bits per heavy atom. The minimum Gasteiger partial charge on any atom is -0.508 e. The fourth-order valence-electron chi connectivity index (χ4n) is 1.67. The number of aliphatic carboxylic acids is 1. The van der Waals surface area contributed by atoms with Crippen LogP contribution in [0, 0.1) is 0 Å². The van der Waals surface area contributed by atoms with E-state index in [1.54, 1.807) is 31.2 Å². The third-order valence-corrected chi connectivity index (χ3v) is 2.60. The van der Waals surface area contributed by atoms with Gasteiger partial charge in [0.25, 0.3) is 0 Å². The molecule has 0 aliphatic heterocycles. The molecule has 104 valence electrons. The summed E-state index contributed by atoms with van der Waals surface area (Å²) >= 11 is 0. The Kier molecular flexibility index (Phi) is 5.32. The number of aromatic hydroxyl groups is 1. The molecule has 0 aromatic heterocycles. The summed E-state index contributed by atoms with van der Waals surface area (Å²) in [6, 6.07) is 5.45. The number of carboxylic acid groups (broad SMARTS) is 1. The SMILES string of the molecule is CC(Cc1ccc(O)cc1)NC(=O)C(N)CC(=O)O. The van der Waals surface area contributed by atoms with Crippen LogP contribution < -0.4 is 11.1 Å². The molecule has 1 aromatic rings. The van der Waals surface area contributed by atoms with Crippen molar-refractivity contribution in [3.8, 4) is 5.75 Å². The lowest BCUT2D eigenvalue weighted by atomic mass is 10.1. The first-order valence-electron chi connectivity index (χ1n) is 5.94. The molecular formula is C13H18N2O4. The fourth-order valence-corrected chi connectivity index (χ4v) is 1.67. The molecule has 0 aliphatic carbocycles. The number of benzene rings is 1. The summed E-state index contributed by atoms with van der Waals surface area (Å²) in [5.74, 6) is -1.40. The monoisotopic (exact) mass is 266 g/mol. The highest BCUT2D eigenvalue weighted by molar-refractivity contribution is 5.86. The zero-order valence-electron chi connectivity index (χ0n) is 10.7. The van der Waals surface area contributed by atoms with Gasteiger partial charge in [0.05, 0.1) is 12.5 Å². The van der Waals surface area contributed by atoms with E-state index in [1.165, 1.54) is 0 Å². The van der Waals surface area contributed by atoms with Crippen molar-refractivity contribution in [2.45, 2.75) is 31.8 Å². The minimum absolute atomic E-state index is 0.170. The van der Waals surface area contributed by atoms with E-state index in [2.05, 4.69) is 5.32 Å². The van der Waals surface area contributed by atoms with Crippen LogP contribution in [0.3, 0.4) is 0 Å². The third-order valence-electron chi connectivity index (χ3n) is 2.60. The Labute approximate surface area is 111 Å². The van der Waals surface area contributed by atoms with Gasteiger partial charge in [0.15, 0.2) is 0 Å². The Morgan fingerprint density at radius 2 is 1.89 bits per heavy atom. The summed E-state index contributed by atoms with van der Waals surface area (Å²) in [5, 5.41) is 20.4. The molecule has 2 unspecified atom stereocenters. The van der Waals surface area contributed by atoms with Gasteiger partial charge in [-0.15, -0.1) is 0 Å². The smallest absolute Gasteiger partial charge is 0.305 e. The van der Waals surface area contributed by atoms with E-state index in [0.29, 0.717) is 6.42 Å². The molecule has 0 fully saturated rings. The van der Waals surface area contributed by atoms with E-state index in [9.17, 15) is 9.59 Å². The number of phenolic OH excluding ortho intramolecular Hbond substituents is 1. The van der Waals surface area contributed by atoms with Crippen molar-refractivity contribution in [3.63, 3.8) is 0 Å². The summed E-state index contributed by atoms with van der Waals surface area (Å²) in [5.41, 5.74) is 6.41. The van der Waals surface area contributed by atoms with Crippen molar-refractivity contribution >= 4 is 11.9 Å². The van der Waals surface area contributed by atoms with E-state index in [1.807, 2.05) is 0 Å². The molecule has 0 bridgehead atoms. The van der Waals surface area contributed by atoms with Crippen LogP contribution in [0.1, 0.15) is 18.9 Å². The highest BCUT2D eigenvalue weighted by atomic mass is 16.4. The zero-order valence-corrected chi connectivity index (χ0v) is 10.7. The summed E-state index contributed by atoms with van der Waals surface area (Å²) < 4.78 is 0. The average molecular weight is 266 g/mol. The quantitative estimate of drug-likeness (QED) is 0.589. The Balaban J connectivity index is 2.46. The molecule has 6 nitrogen and oxygen atoms in total. The molecule has 5 N–H and O–H groups in total. The Bertz CT molecular complexity index is 444. The third kappa shape index (κ3) is 5.39. The highest BCUT2D eigenvalue weighted by Crippen LogP contribution is 2.11. The van der Waals surface area contributed by atoms with E-state index in [-0.39, 0.29) is 11.8 Å². The summed E-state index contributed by atoms with van der Waals surface area (Å²) in [4.78, 5) is 22.0. The van der Waals surface area contributed by atoms with Crippen LogP contribution in [0.2, 0.25) is 0 Å². The van der Waals surface area contributed by atoms with Gasteiger partial charge in [-0.25, -0.2) is 0 Å². The summed E-state index contributed by atoms with van der Waals surface area (Å²) in [6.45, 7) is 1.80. The van der Waals surface area contributed by atoms with Crippen LogP contribution in [0.15, 0.2) is 24.3 Å². The molecule has 0 saturated carbocycles. The molecule has 1 amide bonds. The predicted molar refractivity (Wildman–Crippen MR) is 69.6 cm³/mol. The van der Waals surface area contributed by atoms with Gasteiger partial charge in [-0.2, -0.15) is 0 Å². The number of nitrogens with two attached hydrogens (primary N) is 1. The van der Waals surface area contributed by atoms with Crippen LogP contribution in [-0.4, -0.2) is 34.2 Å². The zero-order chi connectivity index (χ0) is 14.4. The van der Waals surface area contributed by atoms with Gasteiger partial charge in [0.2, 0.25) is 5.91 Å². The highest BCUT2D eigenvalue weighted by Gasteiger charge is 2.18. The Hall–Kier alpha value is -2.08. The molecule has 0 saturated heterocycles. The second-order valence-electron chi connectivity index (χ2n) is 4.48. The number of carbonyl (C=O) groups is 2. The fraction of sp³-hybridized carbons (Fsp3) is 0.385. The van der Waals surface area contributed by atoms with Crippen molar-refractivity contribution in [1.82, 2.24) is 5.32 Å². The lowest BCUT2D eigenvalue weighted by molar-refractivity contribution is -0.139. The van der Waals surface area contributed by atoms with E-state index in [4.69, 9.17) is 15.9 Å². The maximum absolute atomic E-state index is 11.6. The number of carbonyl (C=O) groups excluding carboxylic acids is 1. The molecular weight excluding hydrogens is 248 g/mol. The van der Waals surface area contributed by atoms with Crippen LogP contribution in [-0.2, 0) is 16.0 Å². The van der Waals surface area contributed by atoms with Crippen LogP contribution in [0.25, 0.3) is 0 Å². The van der Waals surface area contributed by atoms with Gasteiger partial charge < -0.3 is 21.3 Å². The van der Waals surface area contributed by atoms with Crippen molar-refractivity contribution in [3.05, 3.63) is 29.8 Å². The van der Waals surface area contributed by atoms with Gasteiger partial charge in [0, 0.05) is 6.04 Å². The van der Waals surface area contributed by atoms with Gasteiger partial charge >= 0.3 is 5.97 Å². The van der Waals surface area contributed by atoms with E-state index < -0.39 is 24.3 Å². The molecule has 1 rings (SSSR count). The van der Waals surface area contributed by atoms with Gasteiger partial charge in [-0.1, -0.05) is 12.1 Å². The van der Waals surface area contributed by atoms with Gasteiger partial charge in [-0.05, 0) is 31.0 Å². The number of amides is 1. The van der Waals surface area contributed by atoms with Crippen molar-refractivity contribution in [2.24, 2.45) is 5.73 Å². The van der Waals surface area contributed by atoms with Crippen molar-refractivity contribution < 1.29 is 19.8 Å². The second-order valence-corrected chi connectivity index (χ2v) is 4.48. The number of rotatable bonds is 6. The lowest BCUT2D eigenvalue weighted by Crippen LogP contribution is -2.46. The van der Waals surface area contributed by atoms with Gasteiger partial charge in [0.1, 0.15) is 5.75 Å². The first-order valence-corrected chi connectivity index (χ1v) is 5.94. The standard InChI is InChI=1S/C13H18N2O4/c1-8(6-9-2-4-10(16)5-3-9)15-13(19)11(14)7-12(17)18/h2-5,8,11,16H,6-7,14H2,1H3,(H,15,19)(H,17,18). The molecule has 2 atom stereocenters. The van der Waals surface area contributed by atoms with E-state index >= 15 is 0 Å². The molecule has 6 heteroatoms. The molecule has 0 aliphatic rings. The van der Waals surface area contributed by atoms with E-state index in [0.717, 1.165) is 5.56 Å². The molecule has 0 spiro atoms. The summed E-state index contributed by atoms with van der Waals surface area (Å²) in [7, 11) is 0. The summed E-state index contributed by atoms with van der Waals surface area (Å²) in [6.07, 6.45) is 0.184. The Morgan fingerprint density at radius 1 is 1.32 bits per heavy atom. The molecule has 0 heterocycles. The average Bonchev–Trinajstić information content (AvgIpc) is 2.31. The van der Waals surface area contributed by atoms with Crippen molar-refractivity contribution in [1.29, 1.82) is 0 Å². The number of hydrogen-bond acceptors (Lipinski definition) is 4. The van der Waals surface area contributed by atoms with Crippen molar-refractivity contribution in [2.75, 3.05) is 0 Å². The first-order chi connectivity index (χ1) is 8.88. The van der Waals surface area contributed by atoms with Crippen LogP contribution in [0.5, 0.6) is 5.75 Å². The van der Waals surface area contributed by atoms with Crippen LogP contribution in [0.4, 0.5) is 0 Å². The maximum atomic E-state index is 11.6. The number of phenols is 1. The molecule has 1 aromatic carbocycles. The molecule has 19 heavy (non-hydrogen) atoms. The van der Waals surface area contributed by atoms with Crippen LogP contribution >= 0.6 is 0 Å². The largest absolute Gasteiger partial charge is 0.508 e. The normalized spacial score (nSPS) is 13.6. The maximum Gasteiger partial charge on any atom is 0.305 e. The van der Waals surface area contributed by atoms with Gasteiger partial charge in [-0.3, -0.25) is 9.59 Å². The predicted octanol–water partition coefficient (Wildman–Crippen LogP) is 0.241.